The molecule has 0 atom stereocenters. The molecule has 3 nitrogen and oxygen atoms in total. The summed E-state index contributed by atoms with van der Waals surface area (Å²) >= 11 is 6.41. The molecule has 1 heterocycles. The Morgan fingerprint density at radius 2 is 2.43 bits per heavy atom. The van der Waals surface area contributed by atoms with Crippen molar-refractivity contribution in [3.63, 3.8) is 0 Å². The molecule has 0 saturated carbocycles. The zero-order chi connectivity index (χ0) is 10.4. The number of thiazole rings is 1. The molecule has 1 aromatic rings. The Morgan fingerprint density at radius 1 is 1.64 bits per heavy atom. The van der Waals surface area contributed by atoms with Gasteiger partial charge in [-0.15, -0.1) is 11.3 Å². The number of thiocarbonyl (C=S) groups is 1. The molecule has 0 fully saturated rings. The molecule has 0 spiro atoms. The summed E-state index contributed by atoms with van der Waals surface area (Å²) in [7, 11) is 0. The van der Waals surface area contributed by atoms with Crippen LogP contribution in [0.5, 0.6) is 0 Å². The highest BCUT2D eigenvalue weighted by Crippen LogP contribution is 2.12. The Hall–Kier alpha value is -0.520. The van der Waals surface area contributed by atoms with Crippen LogP contribution in [-0.2, 0) is 11.2 Å². The highest BCUT2D eigenvalue weighted by Gasteiger charge is 2.00. The summed E-state index contributed by atoms with van der Waals surface area (Å²) in [6.45, 7) is 3.35. The molecule has 5 heteroatoms. The van der Waals surface area contributed by atoms with E-state index in [1.807, 2.05) is 12.4 Å². The fourth-order valence-electron chi connectivity index (χ4n) is 1.01. The molecular formula is C9H14N2OS2. The molecule has 0 amide bonds. The van der Waals surface area contributed by atoms with Gasteiger partial charge in [0.25, 0.3) is 0 Å². The van der Waals surface area contributed by atoms with Gasteiger partial charge in [0.1, 0.15) is 0 Å². The standard InChI is InChI=1S/C9H14N2OS2/c1-7-8(14-6-11-7)2-4-12-5-3-9(10)13/h6H,2-5H2,1H3,(H2,10,13). The first kappa shape index (κ1) is 11.6. The second kappa shape index (κ2) is 6.06. The SMILES string of the molecule is Cc1ncsc1CCOCCC(N)=S. The van der Waals surface area contributed by atoms with E-state index in [9.17, 15) is 0 Å². The van der Waals surface area contributed by atoms with Crippen LogP contribution < -0.4 is 5.73 Å². The van der Waals surface area contributed by atoms with Gasteiger partial charge in [-0.25, -0.2) is 4.98 Å². The zero-order valence-corrected chi connectivity index (χ0v) is 9.79. The summed E-state index contributed by atoms with van der Waals surface area (Å²) in [6.07, 6.45) is 1.59. The van der Waals surface area contributed by atoms with Crippen LogP contribution in [0.25, 0.3) is 0 Å². The first-order valence-electron chi connectivity index (χ1n) is 4.45. The van der Waals surface area contributed by atoms with Gasteiger partial charge in [-0.1, -0.05) is 12.2 Å². The number of rotatable bonds is 6. The fourth-order valence-corrected chi connectivity index (χ4v) is 1.85. The van der Waals surface area contributed by atoms with Crippen LogP contribution in [0, 0.1) is 6.92 Å². The summed E-state index contributed by atoms with van der Waals surface area (Å²) in [6, 6.07) is 0. The highest BCUT2D eigenvalue weighted by molar-refractivity contribution is 7.80. The van der Waals surface area contributed by atoms with Crippen LogP contribution in [0.4, 0.5) is 0 Å². The molecule has 0 aromatic carbocycles. The average molecular weight is 230 g/mol. The topological polar surface area (TPSA) is 48.1 Å². The molecule has 14 heavy (non-hydrogen) atoms. The van der Waals surface area contributed by atoms with E-state index in [-0.39, 0.29) is 0 Å². The van der Waals surface area contributed by atoms with Crippen molar-refractivity contribution in [2.24, 2.45) is 5.73 Å². The molecule has 0 radical (unpaired) electrons. The summed E-state index contributed by atoms with van der Waals surface area (Å²) < 4.78 is 5.38. The van der Waals surface area contributed by atoms with Crippen LogP contribution in [0.15, 0.2) is 5.51 Å². The van der Waals surface area contributed by atoms with Gasteiger partial charge in [0.2, 0.25) is 0 Å². The van der Waals surface area contributed by atoms with Crippen molar-refractivity contribution in [3.05, 3.63) is 16.1 Å². The Kier molecular flexibility index (Phi) is 5.00. The van der Waals surface area contributed by atoms with E-state index >= 15 is 0 Å². The first-order valence-corrected chi connectivity index (χ1v) is 5.74. The predicted octanol–water partition coefficient (Wildman–Crippen LogP) is 1.69. The van der Waals surface area contributed by atoms with E-state index in [1.165, 1.54) is 4.88 Å². The normalized spacial score (nSPS) is 10.4. The minimum absolute atomic E-state index is 0.513. The summed E-state index contributed by atoms with van der Waals surface area (Å²) in [5, 5.41) is 0. The zero-order valence-electron chi connectivity index (χ0n) is 8.16. The van der Waals surface area contributed by atoms with Gasteiger partial charge in [-0.3, -0.25) is 0 Å². The van der Waals surface area contributed by atoms with Crippen molar-refractivity contribution in [2.45, 2.75) is 19.8 Å². The number of hydrogen-bond acceptors (Lipinski definition) is 4. The molecule has 0 aliphatic heterocycles. The lowest BCUT2D eigenvalue weighted by Crippen LogP contribution is -2.11. The predicted molar refractivity (Wildman–Crippen MR) is 62.8 cm³/mol. The van der Waals surface area contributed by atoms with Crippen LogP contribution in [0.2, 0.25) is 0 Å². The number of hydrogen-bond donors (Lipinski definition) is 1. The lowest BCUT2D eigenvalue weighted by Gasteiger charge is -2.02. The summed E-state index contributed by atoms with van der Waals surface area (Å²) in [5.41, 5.74) is 8.30. The van der Waals surface area contributed by atoms with Crippen molar-refractivity contribution in [1.29, 1.82) is 0 Å². The van der Waals surface area contributed by atoms with Gasteiger partial charge in [-0.2, -0.15) is 0 Å². The number of ether oxygens (including phenoxy) is 1. The Bertz CT molecular complexity index is 299. The third-order valence-corrected chi connectivity index (χ3v) is 3.01. The van der Waals surface area contributed by atoms with Gasteiger partial charge in [-0.05, 0) is 6.92 Å². The van der Waals surface area contributed by atoms with E-state index in [2.05, 4.69) is 4.98 Å². The minimum Gasteiger partial charge on any atom is -0.393 e. The summed E-state index contributed by atoms with van der Waals surface area (Å²) in [5.74, 6) is 0. The average Bonchev–Trinajstić information content (AvgIpc) is 2.51. The van der Waals surface area contributed by atoms with Gasteiger partial charge in [0, 0.05) is 17.7 Å². The van der Waals surface area contributed by atoms with Crippen LogP contribution in [0.3, 0.4) is 0 Å². The fraction of sp³-hybridized carbons (Fsp3) is 0.556. The van der Waals surface area contributed by atoms with Crippen molar-refractivity contribution >= 4 is 28.5 Å². The largest absolute Gasteiger partial charge is 0.393 e. The van der Waals surface area contributed by atoms with E-state index < -0.39 is 0 Å². The quantitative estimate of drug-likeness (QED) is 0.597. The lowest BCUT2D eigenvalue weighted by molar-refractivity contribution is 0.145. The van der Waals surface area contributed by atoms with Crippen LogP contribution in [0.1, 0.15) is 17.0 Å². The number of aromatic nitrogens is 1. The lowest BCUT2D eigenvalue weighted by atomic mass is 10.3. The number of nitrogens with zero attached hydrogens (tertiary/aromatic N) is 1. The van der Waals surface area contributed by atoms with Crippen molar-refractivity contribution < 1.29 is 4.74 Å². The third kappa shape index (κ3) is 4.13. The van der Waals surface area contributed by atoms with Crippen molar-refractivity contribution in [2.75, 3.05) is 13.2 Å². The Morgan fingerprint density at radius 3 is 3.00 bits per heavy atom. The van der Waals surface area contributed by atoms with Gasteiger partial charge in [0.15, 0.2) is 0 Å². The monoisotopic (exact) mass is 230 g/mol. The van der Waals surface area contributed by atoms with Gasteiger partial charge in [0.05, 0.1) is 29.4 Å². The first-order chi connectivity index (χ1) is 6.70. The molecular weight excluding hydrogens is 216 g/mol. The summed E-state index contributed by atoms with van der Waals surface area (Å²) in [4.78, 5) is 5.97. The van der Waals surface area contributed by atoms with E-state index in [0.29, 0.717) is 24.6 Å². The van der Waals surface area contributed by atoms with E-state index in [1.54, 1.807) is 11.3 Å². The maximum Gasteiger partial charge on any atom is 0.0797 e. The molecule has 2 N–H and O–H groups in total. The van der Waals surface area contributed by atoms with Crippen molar-refractivity contribution in [3.8, 4) is 0 Å². The maximum absolute atomic E-state index is 5.38. The van der Waals surface area contributed by atoms with Crippen LogP contribution >= 0.6 is 23.6 Å². The highest BCUT2D eigenvalue weighted by atomic mass is 32.1. The van der Waals surface area contributed by atoms with E-state index in [0.717, 1.165) is 12.1 Å². The van der Waals surface area contributed by atoms with Crippen LogP contribution in [-0.4, -0.2) is 23.2 Å². The molecule has 0 aliphatic rings. The molecule has 0 aliphatic carbocycles. The maximum atomic E-state index is 5.38. The molecule has 0 saturated heterocycles. The second-order valence-corrected chi connectivity index (χ2v) is 4.40. The number of aryl methyl sites for hydroxylation is 1. The smallest absolute Gasteiger partial charge is 0.0797 e. The third-order valence-electron chi connectivity index (χ3n) is 1.81. The molecule has 1 aromatic heterocycles. The molecule has 1 rings (SSSR count). The molecule has 78 valence electrons. The molecule has 0 bridgehead atoms. The number of nitrogens with two attached hydrogens (primary N) is 1. The van der Waals surface area contributed by atoms with Gasteiger partial charge < -0.3 is 10.5 Å². The van der Waals surface area contributed by atoms with E-state index in [4.69, 9.17) is 22.7 Å². The molecule has 0 unspecified atom stereocenters. The van der Waals surface area contributed by atoms with Crippen molar-refractivity contribution in [1.82, 2.24) is 4.98 Å². The minimum atomic E-state index is 0.513. The Labute approximate surface area is 93.3 Å². The second-order valence-electron chi connectivity index (χ2n) is 2.94. The van der Waals surface area contributed by atoms with Gasteiger partial charge >= 0.3 is 0 Å². The Balaban J connectivity index is 2.10.